The van der Waals surface area contributed by atoms with Gasteiger partial charge in [0.15, 0.2) is 0 Å². The first-order valence-electron chi connectivity index (χ1n) is 5.98. The molecule has 0 spiro atoms. The number of anilines is 1. The van der Waals surface area contributed by atoms with E-state index in [0.29, 0.717) is 5.69 Å². The van der Waals surface area contributed by atoms with Crippen molar-refractivity contribution in [2.45, 2.75) is 26.8 Å². The second kappa shape index (κ2) is 6.67. The van der Waals surface area contributed by atoms with Crippen molar-refractivity contribution in [1.29, 1.82) is 0 Å². The molecule has 0 amide bonds. The van der Waals surface area contributed by atoms with Crippen LogP contribution in [-0.2, 0) is 9.53 Å². The first-order chi connectivity index (χ1) is 8.97. The fraction of sp³-hybridized carbons (Fsp3) is 0.500. The van der Waals surface area contributed by atoms with E-state index in [1.807, 2.05) is 13.8 Å². The summed E-state index contributed by atoms with van der Waals surface area (Å²) in [4.78, 5) is 27.4. The van der Waals surface area contributed by atoms with Crippen LogP contribution in [-0.4, -0.2) is 35.1 Å². The molecule has 1 aromatic rings. The summed E-state index contributed by atoms with van der Waals surface area (Å²) in [6.45, 7) is 5.67. The van der Waals surface area contributed by atoms with E-state index in [0.717, 1.165) is 0 Å². The standard InChI is InChI=1S/C12H17N3O4/c1-4-19-12(16)8-14(9(2)3)10-5-6-13-7-11(10)15(17)18/h5-7,9H,4,8H2,1-3H3. The van der Waals surface area contributed by atoms with Crippen LogP contribution >= 0.6 is 0 Å². The number of carbonyl (C=O) groups is 1. The number of ether oxygens (including phenoxy) is 1. The highest BCUT2D eigenvalue weighted by Gasteiger charge is 2.23. The highest BCUT2D eigenvalue weighted by Crippen LogP contribution is 2.27. The average molecular weight is 267 g/mol. The fourth-order valence-corrected chi connectivity index (χ4v) is 1.65. The molecule has 0 aliphatic rings. The van der Waals surface area contributed by atoms with Gasteiger partial charge in [0.05, 0.1) is 11.5 Å². The van der Waals surface area contributed by atoms with E-state index in [1.54, 1.807) is 11.8 Å². The topological polar surface area (TPSA) is 85.6 Å². The molecule has 0 aliphatic carbocycles. The van der Waals surface area contributed by atoms with Crippen molar-refractivity contribution in [3.05, 3.63) is 28.6 Å². The molecule has 1 heterocycles. The molecule has 0 atom stereocenters. The van der Waals surface area contributed by atoms with Crippen LogP contribution in [0.25, 0.3) is 0 Å². The van der Waals surface area contributed by atoms with Gasteiger partial charge >= 0.3 is 11.7 Å². The monoisotopic (exact) mass is 267 g/mol. The highest BCUT2D eigenvalue weighted by atomic mass is 16.6. The van der Waals surface area contributed by atoms with Crippen LogP contribution < -0.4 is 4.90 Å². The molecule has 0 N–H and O–H groups in total. The molecule has 7 nitrogen and oxygen atoms in total. The summed E-state index contributed by atoms with van der Waals surface area (Å²) in [6.07, 6.45) is 2.64. The van der Waals surface area contributed by atoms with E-state index >= 15 is 0 Å². The Labute approximate surface area is 111 Å². The number of esters is 1. The van der Waals surface area contributed by atoms with Gasteiger partial charge in [-0.3, -0.25) is 19.9 Å². The molecule has 1 rings (SSSR count). The molecule has 0 bridgehead atoms. The molecular formula is C12H17N3O4. The van der Waals surface area contributed by atoms with E-state index < -0.39 is 10.9 Å². The van der Waals surface area contributed by atoms with Gasteiger partial charge in [0, 0.05) is 12.2 Å². The Morgan fingerprint density at radius 1 is 1.58 bits per heavy atom. The third-order valence-electron chi connectivity index (χ3n) is 2.51. The summed E-state index contributed by atoms with van der Waals surface area (Å²) in [7, 11) is 0. The molecule has 19 heavy (non-hydrogen) atoms. The number of hydrogen-bond acceptors (Lipinski definition) is 6. The molecule has 7 heteroatoms. The molecule has 1 aromatic heterocycles. The third kappa shape index (κ3) is 3.90. The summed E-state index contributed by atoms with van der Waals surface area (Å²) >= 11 is 0. The number of aromatic nitrogens is 1. The van der Waals surface area contributed by atoms with Crippen LogP contribution in [0, 0.1) is 10.1 Å². The number of nitrogens with zero attached hydrogens (tertiary/aromatic N) is 3. The van der Waals surface area contributed by atoms with Gasteiger partial charge in [0.25, 0.3) is 0 Å². The zero-order valence-corrected chi connectivity index (χ0v) is 11.2. The molecule has 0 unspecified atom stereocenters. The van der Waals surface area contributed by atoms with Gasteiger partial charge in [0.1, 0.15) is 18.4 Å². The van der Waals surface area contributed by atoms with Crippen LogP contribution in [0.3, 0.4) is 0 Å². The molecular weight excluding hydrogens is 250 g/mol. The lowest BCUT2D eigenvalue weighted by Gasteiger charge is -2.27. The molecule has 104 valence electrons. The molecule has 0 saturated heterocycles. The predicted molar refractivity (Wildman–Crippen MR) is 70.0 cm³/mol. The Hall–Kier alpha value is -2.18. The van der Waals surface area contributed by atoms with Crippen LogP contribution in [0.2, 0.25) is 0 Å². The maximum Gasteiger partial charge on any atom is 0.325 e. The molecule has 0 aliphatic heterocycles. The average Bonchev–Trinajstić information content (AvgIpc) is 2.36. The lowest BCUT2D eigenvalue weighted by atomic mass is 10.2. The number of carbonyl (C=O) groups excluding carboxylic acids is 1. The second-order valence-corrected chi connectivity index (χ2v) is 4.15. The van der Waals surface area contributed by atoms with Crippen molar-refractivity contribution >= 4 is 17.3 Å². The van der Waals surface area contributed by atoms with Crippen LogP contribution in [0.5, 0.6) is 0 Å². The number of nitro groups is 1. The lowest BCUT2D eigenvalue weighted by Crippen LogP contribution is -2.37. The van der Waals surface area contributed by atoms with Gasteiger partial charge in [-0.05, 0) is 26.8 Å². The molecule has 0 fully saturated rings. The minimum Gasteiger partial charge on any atom is -0.465 e. The summed E-state index contributed by atoms with van der Waals surface area (Å²) in [6, 6.07) is 1.45. The summed E-state index contributed by atoms with van der Waals surface area (Å²) in [5.74, 6) is -0.415. The Balaban J connectivity index is 3.06. The van der Waals surface area contributed by atoms with Crippen LogP contribution in [0.15, 0.2) is 18.5 Å². The quantitative estimate of drug-likeness (QED) is 0.443. The summed E-state index contributed by atoms with van der Waals surface area (Å²) < 4.78 is 4.88. The Morgan fingerprint density at radius 2 is 2.26 bits per heavy atom. The normalized spacial score (nSPS) is 10.3. The van der Waals surface area contributed by atoms with Gasteiger partial charge in [-0.15, -0.1) is 0 Å². The summed E-state index contributed by atoms with van der Waals surface area (Å²) in [5.41, 5.74) is 0.239. The molecule has 0 aromatic carbocycles. The largest absolute Gasteiger partial charge is 0.465 e. The highest BCUT2D eigenvalue weighted by molar-refractivity contribution is 5.77. The Kier molecular flexibility index (Phi) is 5.23. The van der Waals surface area contributed by atoms with Gasteiger partial charge in [-0.25, -0.2) is 0 Å². The van der Waals surface area contributed by atoms with Gasteiger partial charge < -0.3 is 9.64 Å². The van der Waals surface area contributed by atoms with Crippen molar-refractivity contribution < 1.29 is 14.5 Å². The number of rotatable bonds is 6. The van der Waals surface area contributed by atoms with Crippen LogP contribution in [0.4, 0.5) is 11.4 Å². The second-order valence-electron chi connectivity index (χ2n) is 4.15. The van der Waals surface area contributed by atoms with Crippen LogP contribution in [0.1, 0.15) is 20.8 Å². The van der Waals surface area contributed by atoms with Crippen molar-refractivity contribution in [3.8, 4) is 0 Å². The first-order valence-corrected chi connectivity index (χ1v) is 5.98. The molecule has 0 saturated carbocycles. The molecule has 0 radical (unpaired) electrons. The van der Waals surface area contributed by atoms with Gasteiger partial charge in [0.2, 0.25) is 0 Å². The van der Waals surface area contributed by atoms with E-state index in [1.165, 1.54) is 18.5 Å². The van der Waals surface area contributed by atoms with Crippen molar-refractivity contribution in [2.24, 2.45) is 0 Å². The minimum absolute atomic E-state index is 0.0314. The van der Waals surface area contributed by atoms with E-state index in [4.69, 9.17) is 4.74 Å². The minimum atomic E-state index is -0.511. The predicted octanol–water partition coefficient (Wildman–Crippen LogP) is 1.77. The third-order valence-corrected chi connectivity index (χ3v) is 2.51. The van der Waals surface area contributed by atoms with Crippen molar-refractivity contribution in [1.82, 2.24) is 4.98 Å². The van der Waals surface area contributed by atoms with E-state index in [2.05, 4.69) is 4.98 Å². The Bertz CT molecular complexity index is 462. The van der Waals surface area contributed by atoms with Gasteiger partial charge in [-0.1, -0.05) is 0 Å². The zero-order chi connectivity index (χ0) is 14.4. The number of hydrogen-bond donors (Lipinski definition) is 0. The number of pyridine rings is 1. The maximum absolute atomic E-state index is 11.6. The zero-order valence-electron chi connectivity index (χ0n) is 11.2. The van der Waals surface area contributed by atoms with Crippen molar-refractivity contribution in [3.63, 3.8) is 0 Å². The fourth-order valence-electron chi connectivity index (χ4n) is 1.65. The smallest absolute Gasteiger partial charge is 0.325 e. The van der Waals surface area contributed by atoms with E-state index in [9.17, 15) is 14.9 Å². The maximum atomic E-state index is 11.6. The summed E-state index contributed by atoms with van der Waals surface area (Å²) in [5, 5.41) is 11.0. The SMILES string of the molecule is CCOC(=O)CN(c1ccncc1[N+](=O)[O-])C(C)C. The van der Waals surface area contributed by atoms with Crippen molar-refractivity contribution in [2.75, 3.05) is 18.1 Å². The Morgan fingerprint density at radius 3 is 2.79 bits per heavy atom. The first kappa shape index (κ1) is 14.9. The van der Waals surface area contributed by atoms with E-state index in [-0.39, 0.29) is 24.9 Å². The van der Waals surface area contributed by atoms with Gasteiger partial charge in [-0.2, -0.15) is 0 Å². The lowest BCUT2D eigenvalue weighted by molar-refractivity contribution is -0.384.